The first kappa shape index (κ1) is 27.8. The zero-order chi connectivity index (χ0) is 34.4. The fourth-order valence-electron chi connectivity index (χ4n) is 9.26. The molecule has 13 rings (SSSR count). The Morgan fingerprint density at radius 1 is 0.415 bits per heavy atom. The van der Waals surface area contributed by atoms with E-state index in [-0.39, 0.29) is 0 Å². The van der Waals surface area contributed by atoms with Crippen molar-refractivity contribution in [3.8, 4) is 17.2 Å². The number of aromatic nitrogens is 4. The van der Waals surface area contributed by atoms with Gasteiger partial charge in [0, 0.05) is 58.1 Å². The number of thiophene rings is 1. The maximum absolute atomic E-state index is 5.49. The molecule has 0 spiro atoms. The molecule has 0 unspecified atom stereocenters. The minimum absolute atomic E-state index is 0.670. The Morgan fingerprint density at radius 2 is 1.11 bits per heavy atom. The topological polar surface area (TPSA) is 35.1 Å². The molecule has 13 aromatic rings. The molecule has 0 saturated heterocycles. The number of para-hydroxylation sites is 1. The molecule has 0 fully saturated rings. The van der Waals surface area contributed by atoms with Gasteiger partial charge >= 0.3 is 0 Å². The molecule has 0 radical (unpaired) electrons. The van der Waals surface area contributed by atoms with Crippen LogP contribution in [0.2, 0.25) is 0 Å². The molecule has 0 amide bonds. The summed E-state index contributed by atoms with van der Waals surface area (Å²) in [5.74, 6) is 0.670. The number of fused-ring (bicyclic) bond motifs is 11. The minimum Gasteiger partial charge on any atom is -0.308 e. The Labute approximate surface area is 305 Å². The van der Waals surface area contributed by atoms with Gasteiger partial charge in [0.25, 0.3) is 0 Å². The molecule has 4 nitrogen and oxygen atoms in total. The Kier molecular flexibility index (Phi) is 5.22. The average Bonchev–Trinajstić information content (AvgIpc) is 3.84. The highest BCUT2D eigenvalue weighted by Gasteiger charge is 2.24. The number of hydrogen-bond donors (Lipinski definition) is 0. The molecular weight excluding hydrogens is 665 g/mol. The SMILES string of the molecule is c1ccc(-c2nc(-n3c4cccc5c6cccc7c8cc9sc%10ccccc%10c9cc8n(c8cccc3c8c54)c67)nc3ccc4ccccc4c23)cc1. The summed E-state index contributed by atoms with van der Waals surface area (Å²) in [7, 11) is 0. The molecule has 8 aromatic carbocycles. The smallest absolute Gasteiger partial charge is 0.235 e. The number of nitrogens with zero attached hydrogens (tertiary/aromatic N) is 4. The Balaban J connectivity index is 1.22. The van der Waals surface area contributed by atoms with Crippen LogP contribution in [0.4, 0.5) is 0 Å². The predicted molar refractivity (Wildman–Crippen MR) is 224 cm³/mol. The molecule has 0 atom stereocenters. The quantitative estimate of drug-likeness (QED) is 0.169. The summed E-state index contributed by atoms with van der Waals surface area (Å²) in [6.07, 6.45) is 0. The van der Waals surface area contributed by atoms with Crippen molar-refractivity contribution in [3.05, 3.63) is 158 Å². The lowest BCUT2D eigenvalue weighted by Crippen LogP contribution is -2.04. The molecule has 0 aliphatic heterocycles. The van der Waals surface area contributed by atoms with Crippen LogP contribution in [0.25, 0.3) is 119 Å². The summed E-state index contributed by atoms with van der Waals surface area (Å²) < 4.78 is 7.46. The largest absolute Gasteiger partial charge is 0.308 e. The summed E-state index contributed by atoms with van der Waals surface area (Å²) in [4.78, 5) is 10.9. The van der Waals surface area contributed by atoms with E-state index in [1.54, 1.807) is 0 Å². The summed E-state index contributed by atoms with van der Waals surface area (Å²) in [6.45, 7) is 0. The summed E-state index contributed by atoms with van der Waals surface area (Å²) in [5.41, 5.74) is 8.79. The van der Waals surface area contributed by atoms with Crippen LogP contribution >= 0.6 is 11.3 Å². The van der Waals surface area contributed by atoms with Gasteiger partial charge in [-0.15, -0.1) is 11.3 Å². The van der Waals surface area contributed by atoms with Gasteiger partial charge in [-0.1, -0.05) is 115 Å². The summed E-state index contributed by atoms with van der Waals surface area (Å²) >= 11 is 1.88. The first-order chi connectivity index (χ1) is 26.3. The molecule has 53 heavy (non-hydrogen) atoms. The van der Waals surface area contributed by atoms with E-state index < -0.39 is 0 Å². The third-order valence-corrected chi connectivity index (χ3v) is 12.6. The van der Waals surface area contributed by atoms with Gasteiger partial charge in [0.1, 0.15) is 0 Å². The van der Waals surface area contributed by atoms with Gasteiger partial charge in [0.2, 0.25) is 5.95 Å². The summed E-state index contributed by atoms with van der Waals surface area (Å²) in [6, 6.07) is 57.3. The molecule has 0 bridgehead atoms. The molecule has 0 aliphatic carbocycles. The Bertz CT molecular complexity index is 3680. The minimum atomic E-state index is 0.670. The lowest BCUT2D eigenvalue weighted by atomic mass is 10.0. The van der Waals surface area contributed by atoms with Crippen LogP contribution in [0.1, 0.15) is 0 Å². The second-order valence-electron chi connectivity index (χ2n) is 14.1. The fraction of sp³-hybridized carbons (Fsp3) is 0. The van der Waals surface area contributed by atoms with Crippen LogP contribution in [0.15, 0.2) is 158 Å². The van der Waals surface area contributed by atoms with Gasteiger partial charge in [-0.05, 0) is 58.6 Å². The molecular formula is C48H26N4S. The van der Waals surface area contributed by atoms with Crippen molar-refractivity contribution in [2.75, 3.05) is 0 Å². The van der Waals surface area contributed by atoms with Gasteiger partial charge in [0.05, 0.1) is 38.8 Å². The third-order valence-electron chi connectivity index (χ3n) is 11.4. The molecule has 0 saturated carbocycles. The van der Waals surface area contributed by atoms with Gasteiger partial charge in [-0.2, -0.15) is 0 Å². The number of benzene rings is 8. The predicted octanol–water partition coefficient (Wildman–Crippen LogP) is 13.1. The van der Waals surface area contributed by atoms with Crippen LogP contribution in [-0.4, -0.2) is 18.9 Å². The Morgan fingerprint density at radius 3 is 2.02 bits per heavy atom. The van der Waals surface area contributed by atoms with E-state index in [9.17, 15) is 0 Å². The molecule has 244 valence electrons. The highest BCUT2D eigenvalue weighted by atomic mass is 32.1. The van der Waals surface area contributed by atoms with Crippen LogP contribution in [0.5, 0.6) is 0 Å². The lowest BCUT2D eigenvalue weighted by Gasteiger charge is -2.13. The second-order valence-corrected chi connectivity index (χ2v) is 15.2. The fourth-order valence-corrected chi connectivity index (χ4v) is 10.4. The van der Waals surface area contributed by atoms with Gasteiger partial charge in [-0.25, -0.2) is 9.97 Å². The molecule has 5 heterocycles. The molecule has 5 heteroatoms. The van der Waals surface area contributed by atoms with E-state index in [4.69, 9.17) is 9.97 Å². The van der Waals surface area contributed by atoms with Gasteiger partial charge in [0.15, 0.2) is 0 Å². The zero-order valence-electron chi connectivity index (χ0n) is 28.2. The van der Waals surface area contributed by atoms with E-state index in [1.807, 2.05) is 11.3 Å². The van der Waals surface area contributed by atoms with Crippen molar-refractivity contribution < 1.29 is 0 Å². The molecule has 0 aliphatic rings. The monoisotopic (exact) mass is 690 g/mol. The summed E-state index contributed by atoms with van der Waals surface area (Å²) in [5, 5.41) is 13.5. The lowest BCUT2D eigenvalue weighted by molar-refractivity contribution is 1.01. The van der Waals surface area contributed by atoms with E-state index in [0.717, 1.165) is 38.6 Å². The Hall–Kier alpha value is -6.82. The van der Waals surface area contributed by atoms with Crippen molar-refractivity contribution in [1.29, 1.82) is 0 Å². The maximum atomic E-state index is 5.49. The molecule has 5 aromatic heterocycles. The van der Waals surface area contributed by atoms with Crippen molar-refractivity contribution in [2.45, 2.75) is 0 Å². The van der Waals surface area contributed by atoms with E-state index in [1.165, 1.54) is 74.4 Å². The van der Waals surface area contributed by atoms with E-state index >= 15 is 0 Å². The zero-order valence-corrected chi connectivity index (χ0v) is 29.0. The maximum Gasteiger partial charge on any atom is 0.235 e. The van der Waals surface area contributed by atoms with E-state index in [0.29, 0.717) is 5.95 Å². The van der Waals surface area contributed by atoms with Crippen molar-refractivity contribution in [1.82, 2.24) is 18.9 Å². The van der Waals surface area contributed by atoms with Crippen LogP contribution < -0.4 is 0 Å². The average molecular weight is 691 g/mol. The van der Waals surface area contributed by atoms with Crippen molar-refractivity contribution in [2.24, 2.45) is 0 Å². The van der Waals surface area contributed by atoms with Crippen LogP contribution in [0.3, 0.4) is 0 Å². The van der Waals surface area contributed by atoms with Crippen molar-refractivity contribution in [3.63, 3.8) is 0 Å². The third kappa shape index (κ3) is 3.54. The van der Waals surface area contributed by atoms with Gasteiger partial charge < -0.3 is 4.40 Å². The van der Waals surface area contributed by atoms with Crippen LogP contribution in [0, 0.1) is 0 Å². The number of hydrogen-bond acceptors (Lipinski definition) is 3. The normalized spacial score (nSPS) is 12.5. The first-order valence-corrected chi connectivity index (χ1v) is 18.8. The molecule has 0 N–H and O–H groups in total. The highest BCUT2D eigenvalue weighted by Crippen LogP contribution is 2.46. The standard InChI is InChI=1S/C48H26N4S/c1-2-12-28(13-3-1)46-43-29-14-5-4-11-27(29)23-24-36(43)49-48(50-46)52-37-19-9-16-31-32-17-8-18-33-34-26-42-35(30-15-6-7-22-41(30)53-42)25-40(34)51(47(32)33)38-20-10-21-39(52)45(38)44(31)37/h1-26H. The first-order valence-electron chi connectivity index (χ1n) is 18.0. The van der Waals surface area contributed by atoms with Crippen LogP contribution in [-0.2, 0) is 0 Å². The van der Waals surface area contributed by atoms with E-state index in [2.05, 4.69) is 167 Å². The number of rotatable bonds is 2. The highest BCUT2D eigenvalue weighted by molar-refractivity contribution is 7.25. The van der Waals surface area contributed by atoms with Crippen molar-refractivity contribution >= 4 is 113 Å². The second kappa shape index (κ2) is 9.94. The van der Waals surface area contributed by atoms with Gasteiger partial charge in [-0.3, -0.25) is 4.57 Å².